The lowest BCUT2D eigenvalue weighted by Crippen LogP contribution is -2.57. The zero-order valence-electron chi connectivity index (χ0n) is 27.1. The first-order valence-corrected chi connectivity index (χ1v) is 16.0. The van der Waals surface area contributed by atoms with Crippen molar-refractivity contribution in [1.29, 1.82) is 0 Å². The van der Waals surface area contributed by atoms with Crippen molar-refractivity contribution in [3.05, 3.63) is 73.3 Å². The Balaban J connectivity index is 0.797. The zero-order valence-corrected chi connectivity index (χ0v) is 27.1. The summed E-state index contributed by atoms with van der Waals surface area (Å²) in [5.74, 6) is 1.76. The van der Waals surface area contributed by atoms with Gasteiger partial charge in [-0.05, 0) is 50.6 Å². The maximum atomic E-state index is 12.1. The Labute approximate surface area is 273 Å². The second kappa shape index (κ2) is 12.7. The van der Waals surface area contributed by atoms with E-state index in [1.165, 1.54) is 10.9 Å². The molecule has 5 aromatic rings. The molecule has 0 spiro atoms. The second-order valence-corrected chi connectivity index (χ2v) is 13.1. The van der Waals surface area contributed by atoms with Crippen LogP contribution < -0.4 is 14.2 Å². The van der Waals surface area contributed by atoms with Crippen LogP contribution in [-0.2, 0) is 16.5 Å². The molecule has 7 rings (SSSR count). The number of likely N-dealkylation sites (tertiary alicyclic amines) is 1. The SMILES string of the molecule is Cn1c2ccncc2c2ccc(-c3ccc(O[C@H]4C[C@H](OCCOc5ccc(OC6CN(C(=O)OC(C)(C)C)C6)nc5)C4)nc3)cc21. The van der Waals surface area contributed by atoms with Crippen molar-refractivity contribution in [3.8, 4) is 28.6 Å². The summed E-state index contributed by atoms with van der Waals surface area (Å²) in [6.07, 6.45) is 8.68. The second-order valence-electron chi connectivity index (χ2n) is 13.1. The highest BCUT2D eigenvalue weighted by Crippen LogP contribution is 2.32. The number of amides is 1. The Kier molecular flexibility index (Phi) is 8.31. The molecule has 1 aliphatic heterocycles. The monoisotopic (exact) mass is 637 g/mol. The van der Waals surface area contributed by atoms with Gasteiger partial charge in [0.05, 0.1) is 37.5 Å². The fourth-order valence-corrected chi connectivity index (χ4v) is 5.83. The van der Waals surface area contributed by atoms with Crippen LogP contribution in [0.3, 0.4) is 0 Å². The number of hydrogen-bond acceptors (Lipinski definition) is 9. The molecule has 1 saturated heterocycles. The van der Waals surface area contributed by atoms with E-state index in [1.54, 1.807) is 17.2 Å². The van der Waals surface area contributed by atoms with Crippen LogP contribution >= 0.6 is 0 Å². The average molecular weight is 638 g/mol. The fourth-order valence-electron chi connectivity index (χ4n) is 5.83. The number of carbonyl (C=O) groups excluding carboxylic acids is 1. The minimum absolute atomic E-state index is 0.0867. The van der Waals surface area contributed by atoms with E-state index in [9.17, 15) is 4.79 Å². The standard InChI is InChI=1S/C36H39N5O6/c1-36(2,3)47-35(42)41-21-28(22-41)46-34-10-7-25(19-39-34)43-13-14-44-26-16-27(17-26)45-33-9-6-24(18-38-33)23-5-8-29-30-20-37-12-11-31(30)40(4)32(29)15-23/h5-12,15,18-20,26-28H,13-14,16-17,21-22H2,1-4H3/t26-,27-. The van der Waals surface area contributed by atoms with Crippen LogP contribution in [0.2, 0.25) is 0 Å². The lowest BCUT2D eigenvalue weighted by atomic mass is 9.92. The Morgan fingerprint density at radius 2 is 1.55 bits per heavy atom. The van der Waals surface area contributed by atoms with E-state index >= 15 is 0 Å². The van der Waals surface area contributed by atoms with Crippen molar-refractivity contribution in [2.24, 2.45) is 7.05 Å². The van der Waals surface area contributed by atoms with Gasteiger partial charge in [0.15, 0.2) is 0 Å². The van der Waals surface area contributed by atoms with Crippen molar-refractivity contribution in [1.82, 2.24) is 24.4 Å². The van der Waals surface area contributed by atoms with Gasteiger partial charge in [-0.25, -0.2) is 14.8 Å². The number of fused-ring (bicyclic) bond motifs is 3. The smallest absolute Gasteiger partial charge is 0.410 e. The maximum Gasteiger partial charge on any atom is 0.410 e. The van der Waals surface area contributed by atoms with E-state index in [1.807, 2.05) is 57.6 Å². The lowest BCUT2D eigenvalue weighted by Gasteiger charge is -2.39. The predicted molar refractivity (Wildman–Crippen MR) is 177 cm³/mol. The van der Waals surface area contributed by atoms with Crippen molar-refractivity contribution >= 4 is 27.9 Å². The fraction of sp³-hybridized carbons (Fsp3) is 0.389. The number of aromatic nitrogens is 4. The summed E-state index contributed by atoms with van der Waals surface area (Å²) >= 11 is 0. The summed E-state index contributed by atoms with van der Waals surface area (Å²) in [6.45, 7) is 7.40. The van der Waals surface area contributed by atoms with E-state index in [0.717, 1.165) is 34.9 Å². The minimum atomic E-state index is -0.512. The molecule has 1 amide bonds. The predicted octanol–water partition coefficient (Wildman–Crippen LogP) is 6.19. The van der Waals surface area contributed by atoms with Gasteiger partial charge >= 0.3 is 6.09 Å². The quantitative estimate of drug-likeness (QED) is 0.166. The molecule has 2 fully saturated rings. The van der Waals surface area contributed by atoms with Crippen LogP contribution in [-0.4, -0.2) is 80.7 Å². The highest BCUT2D eigenvalue weighted by atomic mass is 16.6. The first-order chi connectivity index (χ1) is 22.7. The van der Waals surface area contributed by atoms with Crippen LogP contribution in [0.15, 0.2) is 73.3 Å². The van der Waals surface area contributed by atoms with Crippen molar-refractivity contribution in [2.45, 2.75) is 57.5 Å². The molecular weight excluding hydrogens is 598 g/mol. The molecule has 2 aliphatic rings. The van der Waals surface area contributed by atoms with Crippen molar-refractivity contribution in [2.75, 3.05) is 26.3 Å². The van der Waals surface area contributed by atoms with Gasteiger partial charge in [0.25, 0.3) is 0 Å². The molecule has 11 nitrogen and oxygen atoms in total. The van der Waals surface area contributed by atoms with Gasteiger partial charge in [-0.2, -0.15) is 0 Å². The molecule has 1 aromatic carbocycles. The van der Waals surface area contributed by atoms with Gasteiger partial charge in [-0.3, -0.25) is 4.98 Å². The third-order valence-corrected chi connectivity index (χ3v) is 8.42. The average Bonchev–Trinajstić information content (AvgIpc) is 3.30. The summed E-state index contributed by atoms with van der Waals surface area (Å²) in [7, 11) is 2.08. The number of aryl methyl sites for hydroxylation is 1. The molecule has 5 heterocycles. The first-order valence-electron chi connectivity index (χ1n) is 16.0. The molecule has 0 unspecified atom stereocenters. The van der Waals surface area contributed by atoms with Gasteiger partial charge < -0.3 is 33.2 Å². The summed E-state index contributed by atoms with van der Waals surface area (Å²) in [6, 6.07) is 16.1. The van der Waals surface area contributed by atoms with Crippen LogP contribution in [0.1, 0.15) is 33.6 Å². The van der Waals surface area contributed by atoms with E-state index in [0.29, 0.717) is 43.8 Å². The largest absolute Gasteiger partial charge is 0.490 e. The molecule has 4 aromatic heterocycles. The molecule has 0 bridgehead atoms. The topological polar surface area (TPSA) is 110 Å². The van der Waals surface area contributed by atoms with E-state index in [4.69, 9.17) is 23.7 Å². The number of hydrogen-bond donors (Lipinski definition) is 0. The molecular formula is C36H39N5O6. The third kappa shape index (κ3) is 6.95. The third-order valence-electron chi connectivity index (χ3n) is 8.42. The number of nitrogens with zero attached hydrogens (tertiary/aromatic N) is 5. The van der Waals surface area contributed by atoms with Crippen LogP contribution in [0, 0.1) is 0 Å². The molecule has 244 valence electrons. The summed E-state index contributed by atoms with van der Waals surface area (Å²) < 4.78 is 31.2. The lowest BCUT2D eigenvalue weighted by molar-refractivity contribution is -0.0680. The highest BCUT2D eigenvalue weighted by molar-refractivity contribution is 6.08. The minimum Gasteiger partial charge on any atom is -0.490 e. The number of carbonyl (C=O) groups is 1. The Hall–Kier alpha value is -4.90. The molecule has 0 radical (unpaired) electrons. The van der Waals surface area contributed by atoms with Crippen molar-refractivity contribution in [3.63, 3.8) is 0 Å². The summed E-state index contributed by atoms with van der Waals surface area (Å²) in [5.41, 5.74) is 3.97. The Bertz CT molecular complexity index is 1860. The zero-order chi connectivity index (χ0) is 32.5. The van der Waals surface area contributed by atoms with Gasteiger partial charge in [0.2, 0.25) is 11.8 Å². The number of ether oxygens (including phenoxy) is 5. The van der Waals surface area contributed by atoms with Gasteiger partial charge in [0, 0.05) is 72.5 Å². The molecule has 1 aliphatic carbocycles. The van der Waals surface area contributed by atoms with Crippen LogP contribution in [0.5, 0.6) is 17.5 Å². The maximum absolute atomic E-state index is 12.1. The first kappa shape index (κ1) is 30.7. The number of rotatable bonds is 10. The van der Waals surface area contributed by atoms with Crippen LogP contribution in [0.25, 0.3) is 32.9 Å². The van der Waals surface area contributed by atoms with Gasteiger partial charge in [-0.15, -0.1) is 0 Å². The van der Waals surface area contributed by atoms with E-state index in [-0.39, 0.29) is 24.4 Å². The molecule has 1 saturated carbocycles. The Morgan fingerprint density at radius 3 is 2.28 bits per heavy atom. The van der Waals surface area contributed by atoms with E-state index in [2.05, 4.69) is 50.8 Å². The van der Waals surface area contributed by atoms with Crippen LogP contribution in [0.4, 0.5) is 4.79 Å². The number of pyridine rings is 3. The van der Waals surface area contributed by atoms with Gasteiger partial charge in [-0.1, -0.05) is 12.1 Å². The van der Waals surface area contributed by atoms with E-state index < -0.39 is 5.60 Å². The normalized spacial score (nSPS) is 18.1. The molecule has 0 N–H and O–H groups in total. The van der Waals surface area contributed by atoms with Gasteiger partial charge in [0.1, 0.15) is 30.2 Å². The summed E-state index contributed by atoms with van der Waals surface area (Å²) in [5, 5.41) is 2.35. The summed E-state index contributed by atoms with van der Waals surface area (Å²) in [4.78, 5) is 26.9. The molecule has 0 atom stereocenters. The molecule has 47 heavy (non-hydrogen) atoms. The highest BCUT2D eigenvalue weighted by Gasteiger charge is 2.35. The Morgan fingerprint density at radius 1 is 0.809 bits per heavy atom. The molecule has 11 heteroatoms. The number of benzene rings is 1. The van der Waals surface area contributed by atoms with Crippen molar-refractivity contribution < 1.29 is 28.5 Å².